The molecule has 0 fully saturated rings. The van der Waals surface area contributed by atoms with Gasteiger partial charge in [-0.2, -0.15) is 0 Å². The second-order valence-corrected chi connectivity index (χ2v) is 4.41. The van der Waals surface area contributed by atoms with E-state index >= 15 is 0 Å². The molecule has 0 saturated heterocycles. The van der Waals surface area contributed by atoms with E-state index in [4.69, 9.17) is 4.74 Å². The lowest BCUT2D eigenvalue weighted by Crippen LogP contribution is -2.33. The maximum atomic E-state index is 11.4. The molecule has 0 radical (unpaired) electrons. The largest absolute Gasteiger partial charge is 0.466 e. The van der Waals surface area contributed by atoms with Crippen LogP contribution in [0.3, 0.4) is 0 Å². The number of ether oxygens (including phenoxy) is 1. The Balaban J connectivity index is 2.31. The number of likely N-dealkylation sites (N-methyl/N-ethyl adjacent to an activating group) is 1. The van der Waals surface area contributed by atoms with Crippen molar-refractivity contribution in [3.8, 4) is 0 Å². The standard InChI is InChI=1S/C14H22N2O2/c1-4-18-14(17)11-12(2)16(3)10-8-13-7-5-6-9-15-13/h5-7,9,12H,4,8,10-11H2,1-3H3. The molecule has 18 heavy (non-hydrogen) atoms. The number of nitrogens with zero attached hydrogens (tertiary/aromatic N) is 2. The van der Waals surface area contributed by atoms with Crippen LogP contribution in [0.4, 0.5) is 0 Å². The van der Waals surface area contributed by atoms with Gasteiger partial charge in [-0.1, -0.05) is 6.07 Å². The third-order valence-electron chi connectivity index (χ3n) is 2.97. The van der Waals surface area contributed by atoms with Gasteiger partial charge >= 0.3 is 5.97 Å². The van der Waals surface area contributed by atoms with Crippen LogP contribution < -0.4 is 0 Å². The molecule has 1 aromatic heterocycles. The van der Waals surface area contributed by atoms with Crippen LogP contribution in [0, 0.1) is 0 Å². The van der Waals surface area contributed by atoms with Gasteiger partial charge in [0.05, 0.1) is 13.0 Å². The van der Waals surface area contributed by atoms with Crippen molar-refractivity contribution < 1.29 is 9.53 Å². The second-order valence-electron chi connectivity index (χ2n) is 4.41. The number of hydrogen-bond donors (Lipinski definition) is 0. The summed E-state index contributed by atoms with van der Waals surface area (Å²) < 4.78 is 4.95. The summed E-state index contributed by atoms with van der Waals surface area (Å²) in [6.07, 6.45) is 3.13. The van der Waals surface area contributed by atoms with Crippen molar-refractivity contribution in [2.45, 2.75) is 32.7 Å². The van der Waals surface area contributed by atoms with Crippen LogP contribution in [-0.2, 0) is 16.0 Å². The Kier molecular flexibility index (Phi) is 6.36. The summed E-state index contributed by atoms with van der Waals surface area (Å²) >= 11 is 0. The van der Waals surface area contributed by atoms with Crippen molar-refractivity contribution >= 4 is 5.97 Å². The van der Waals surface area contributed by atoms with Gasteiger partial charge in [0.2, 0.25) is 0 Å². The number of rotatable bonds is 7. The minimum Gasteiger partial charge on any atom is -0.466 e. The fraction of sp³-hybridized carbons (Fsp3) is 0.571. The highest BCUT2D eigenvalue weighted by Gasteiger charge is 2.14. The van der Waals surface area contributed by atoms with E-state index in [1.165, 1.54) is 0 Å². The van der Waals surface area contributed by atoms with Gasteiger partial charge < -0.3 is 9.64 Å². The van der Waals surface area contributed by atoms with Crippen LogP contribution in [0.5, 0.6) is 0 Å². The Morgan fingerprint density at radius 1 is 1.50 bits per heavy atom. The zero-order valence-corrected chi connectivity index (χ0v) is 11.4. The van der Waals surface area contributed by atoms with E-state index in [2.05, 4.69) is 9.88 Å². The molecule has 0 bridgehead atoms. The molecule has 0 saturated carbocycles. The van der Waals surface area contributed by atoms with Crippen LogP contribution >= 0.6 is 0 Å². The minimum absolute atomic E-state index is 0.130. The van der Waals surface area contributed by atoms with Crippen LogP contribution in [0.25, 0.3) is 0 Å². The van der Waals surface area contributed by atoms with Gasteiger partial charge in [-0.15, -0.1) is 0 Å². The Hall–Kier alpha value is -1.42. The van der Waals surface area contributed by atoms with Crippen molar-refractivity contribution in [3.63, 3.8) is 0 Å². The normalized spacial score (nSPS) is 12.4. The van der Waals surface area contributed by atoms with Crippen molar-refractivity contribution in [1.29, 1.82) is 0 Å². The van der Waals surface area contributed by atoms with Crippen LogP contribution in [0.2, 0.25) is 0 Å². The Morgan fingerprint density at radius 3 is 2.89 bits per heavy atom. The monoisotopic (exact) mass is 250 g/mol. The van der Waals surface area contributed by atoms with Crippen molar-refractivity contribution in [2.24, 2.45) is 0 Å². The minimum atomic E-state index is -0.130. The molecule has 1 unspecified atom stereocenters. The number of pyridine rings is 1. The van der Waals surface area contributed by atoms with Gasteiger partial charge in [0.1, 0.15) is 0 Å². The molecule has 0 aliphatic rings. The molecule has 0 aliphatic carbocycles. The molecule has 0 spiro atoms. The zero-order chi connectivity index (χ0) is 13.4. The Morgan fingerprint density at radius 2 is 2.28 bits per heavy atom. The van der Waals surface area contributed by atoms with Crippen LogP contribution in [-0.4, -0.2) is 42.1 Å². The molecular formula is C14H22N2O2. The van der Waals surface area contributed by atoms with E-state index < -0.39 is 0 Å². The highest BCUT2D eigenvalue weighted by atomic mass is 16.5. The summed E-state index contributed by atoms with van der Waals surface area (Å²) in [6.45, 7) is 5.20. The highest BCUT2D eigenvalue weighted by molar-refractivity contribution is 5.69. The molecule has 0 aliphatic heterocycles. The maximum absolute atomic E-state index is 11.4. The first kappa shape index (κ1) is 14.6. The maximum Gasteiger partial charge on any atom is 0.307 e. The molecule has 0 aromatic carbocycles. The smallest absolute Gasteiger partial charge is 0.307 e. The van der Waals surface area contributed by atoms with Gasteiger partial charge in [0.25, 0.3) is 0 Å². The van der Waals surface area contributed by atoms with Gasteiger partial charge in [0, 0.05) is 30.9 Å². The summed E-state index contributed by atoms with van der Waals surface area (Å²) in [5, 5.41) is 0. The van der Waals surface area contributed by atoms with Crippen molar-refractivity contribution in [3.05, 3.63) is 30.1 Å². The molecule has 1 aromatic rings. The van der Waals surface area contributed by atoms with Crippen molar-refractivity contribution in [2.75, 3.05) is 20.2 Å². The van der Waals surface area contributed by atoms with Gasteiger partial charge in [-0.05, 0) is 33.0 Å². The third kappa shape index (κ3) is 5.27. The molecule has 100 valence electrons. The predicted molar refractivity (Wildman–Crippen MR) is 71.3 cm³/mol. The molecule has 0 amide bonds. The molecule has 4 nitrogen and oxygen atoms in total. The highest BCUT2D eigenvalue weighted by Crippen LogP contribution is 2.04. The summed E-state index contributed by atoms with van der Waals surface area (Å²) in [7, 11) is 2.02. The molecule has 0 N–H and O–H groups in total. The zero-order valence-electron chi connectivity index (χ0n) is 11.4. The quantitative estimate of drug-likeness (QED) is 0.693. The average molecular weight is 250 g/mol. The lowest BCUT2D eigenvalue weighted by atomic mass is 10.2. The van der Waals surface area contributed by atoms with E-state index in [-0.39, 0.29) is 12.0 Å². The number of carbonyl (C=O) groups is 1. The summed E-state index contributed by atoms with van der Waals surface area (Å²) in [5.41, 5.74) is 1.08. The summed E-state index contributed by atoms with van der Waals surface area (Å²) in [5.74, 6) is -0.130. The van der Waals surface area contributed by atoms with E-state index in [0.29, 0.717) is 13.0 Å². The topological polar surface area (TPSA) is 42.4 Å². The Bertz CT molecular complexity index is 354. The van der Waals surface area contributed by atoms with E-state index in [1.54, 1.807) is 6.20 Å². The molecule has 1 rings (SSSR count). The molecule has 1 heterocycles. The number of esters is 1. The van der Waals surface area contributed by atoms with E-state index in [0.717, 1.165) is 18.7 Å². The summed E-state index contributed by atoms with van der Waals surface area (Å²) in [6, 6.07) is 6.11. The fourth-order valence-electron chi connectivity index (χ4n) is 1.67. The SMILES string of the molecule is CCOC(=O)CC(C)N(C)CCc1ccccn1. The average Bonchev–Trinajstić information content (AvgIpc) is 2.37. The van der Waals surface area contributed by atoms with E-state index in [9.17, 15) is 4.79 Å². The van der Waals surface area contributed by atoms with Gasteiger partial charge in [0.15, 0.2) is 0 Å². The Labute approximate surface area is 109 Å². The van der Waals surface area contributed by atoms with Crippen molar-refractivity contribution in [1.82, 2.24) is 9.88 Å². The first-order valence-electron chi connectivity index (χ1n) is 6.39. The third-order valence-corrected chi connectivity index (χ3v) is 2.97. The fourth-order valence-corrected chi connectivity index (χ4v) is 1.67. The first-order chi connectivity index (χ1) is 8.63. The second kappa shape index (κ2) is 7.82. The summed E-state index contributed by atoms with van der Waals surface area (Å²) in [4.78, 5) is 17.8. The van der Waals surface area contributed by atoms with Crippen LogP contribution in [0.1, 0.15) is 26.0 Å². The first-order valence-corrected chi connectivity index (χ1v) is 6.39. The number of carbonyl (C=O) groups excluding carboxylic acids is 1. The predicted octanol–water partition coefficient (Wildman–Crippen LogP) is 1.90. The van der Waals surface area contributed by atoms with Crippen LogP contribution in [0.15, 0.2) is 24.4 Å². The number of hydrogen-bond acceptors (Lipinski definition) is 4. The molecular weight excluding hydrogens is 228 g/mol. The molecule has 1 atom stereocenters. The van der Waals surface area contributed by atoms with Gasteiger partial charge in [-0.3, -0.25) is 9.78 Å². The lowest BCUT2D eigenvalue weighted by molar-refractivity contribution is -0.144. The lowest BCUT2D eigenvalue weighted by Gasteiger charge is -2.23. The van der Waals surface area contributed by atoms with E-state index in [1.807, 2.05) is 39.1 Å². The number of aromatic nitrogens is 1. The molecule has 4 heteroatoms. The van der Waals surface area contributed by atoms with Gasteiger partial charge in [-0.25, -0.2) is 0 Å².